The van der Waals surface area contributed by atoms with E-state index >= 15 is 0 Å². The van der Waals surface area contributed by atoms with Crippen molar-refractivity contribution in [3.63, 3.8) is 0 Å². The summed E-state index contributed by atoms with van der Waals surface area (Å²) in [5.41, 5.74) is 2.41. The number of nitriles is 1. The molecule has 9 heteroatoms. The number of furan rings is 1. The van der Waals surface area contributed by atoms with Crippen molar-refractivity contribution >= 4 is 53.6 Å². The van der Waals surface area contributed by atoms with Crippen LogP contribution < -0.4 is 10.6 Å². The van der Waals surface area contributed by atoms with Crippen molar-refractivity contribution in [3.8, 4) is 11.9 Å². The number of carboxylic acids is 1. The molecule has 3 heterocycles. The molecule has 3 aromatic rings. The van der Waals surface area contributed by atoms with Crippen LogP contribution in [0.25, 0.3) is 12.2 Å². The maximum Gasteiger partial charge on any atom is 0.303 e. The Morgan fingerprint density at radius 2 is 2.16 bits per heavy atom. The van der Waals surface area contributed by atoms with Gasteiger partial charge >= 0.3 is 5.97 Å². The Hall–Kier alpha value is -3.48. The molecule has 0 radical (unpaired) electrons. The van der Waals surface area contributed by atoms with E-state index in [2.05, 4.69) is 11.1 Å². The number of aromatic nitrogens is 1. The SMILES string of the molecule is N#Cc1c/c(=c2/cc/c(=C/c3sc(=S)n(CCCCCC(=O)O)c3O)o2)cc2c1=CC=N2. The Morgan fingerprint density at radius 3 is 2.94 bits per heavy atom. The van der Waals surface area contributed by atoms with E-state index in [1.165, 1.54) is 11.3 Å². The number of thiazole rings is 1. The monoisotopic (exact) mass is 465 g/mol. The Kier molecular flexibility index (Phi) is 6.35. The number of aliphatic carboxylic acids is 1. The van der Waals surface area contributed by atoms with E-state index in [-0.39, 0.29) is 12.3 Å². The fourth-order valence-corrected chi connectivity index (χ4v) is 4.79. The van der Waals surface area contributed by atoms with Crippen molar-refractivity contribution in [2.45, 2.75) is 32.2 Å². The standard InChI is InChI=1S/C23H19N3O4S2/c24-13-15-10-14(11-18-17(15)7-8-25-18)19-6-5-16(30-19)12-20-22(29)26(23(31)32-20)9-3-1-2-4-21(27)28/h5-8,10-12,29H,1-4,9H2,(H,27,28)/b16-12-,19-14+. The number of carboxylic acid groups (broad SMARTS) is 1. The molecule has 0 bridgehead atoms. The number of hydrogen-bond donors (Lipinski definition) is 2. The number of benzene rings is 1. The number of aliphatic imine (C=N–C) groups is 1. The summed E-state index contributed by atoms with van der Waals surface area (Å²) in [6.07, 6.45) is 7.43. The van der Waals surface area contributed by atoms with Gasteiger partial charge in [0.1, 0.15) is 10.8 Å². The van der Waals surface area contributed by atoms with Gasteiger partial charge in [-0.3, -0.25) is 14.4 Å². The van der Waals surface area contributed by atoms with Gasteiger partial charge in [-0.2, -0.15) is 5.26 Å². The van der Waals surface area contributed by atoms with Crippen molar-refractivity contribution in [1.82, 2.24) is 4.57 Å². The predicted octanol–water partition coefficient (Wildman–Crippen LogP) is 3.71. The second-order valence-corrected chi connectivity index (χ2v) is 8.95. The first-order valence-corrected chi connectivity index (χ1v) is 11.2. The van der Waals surface area contributed by atoms with Crippen LogP contribution in [0.4, 0.5) is 5.69 Å². The molecular weight excluding hydrogens is 446 g/mol. The van der Waals surface area contributed by atoms with Gasteiger partial charge in [-0.1, -0.05) is 6.42 Å². The Labute approximate surface area is 191 Å². The highest BCUT2D eigenvalue weighted by Crippen LogP contribution is 2.27. The molecule has 0 saturated heterocycles. The molecule has 0 fully saturated rings. The maximum absolute atomic E-state index is 10.6. The molecule has 0 atom stereocenters. The van der Waals surface area contributed by atoms with E-state index in [0.717, 1.165) is 29.0 Å². The number of hydrogen-bond acceptors (Lipinski definition) is 7. The van der Waals surface area contributed by atoms with Crippen LogP contribution in [0.3, 0.4) is 0 Å². The van der Waals surface area contributed by atoms with Crippen LogP contribution in [0.5, 0.6) is 5.88 Å². The zero-order valence-corrected chi connectivity index (χ0v) is 18.6. The molecule has 0 aliphatic carbocycles. The summed E-state index contributed by atoms with van der Waals surface area (Å²) in [5, 5.41) is 30.3. The van der Waals surface area contributed by atoms with Crippen LogP contribution in [0, 0.1) is 25.9 Å². The van der Waals surface area contributed by atoms with Gasteiger partial charge in [0.25, 0.3) is 0 Å². The maximum atomic E-state index is 10.6. The third-order valence-electron chi connectivity index (χ3n) is 5.08. The summed E-state index contributed by atoms with van der Waals surface area (Å²) in [5.74, 6) is -0.727. The van der Waals surface area contributed by atoms with Gasteiger partial charge in [-0.15, -0.1) is 11.3 Å². The average molecular weight is 466 g/mol. The largest absolute Gasteiger partial charge is 0.493 e. The second kappa shape index (κ2) is 9.34. The van der Waals surface area contributed by atoms with Crippen LogP contribution in [-0.2, 0) is 11.3 Å². The first kappa shape index (κ1) is 21.7. The van der Waals surface area contributed by atoms with E-state index in [9.17, 15) is 15.2 Å². The fraction of sp³-hybridized carbons (Fsp3) is 0.217. The molecule has 2 N–H and O–H groups in total. The van der Waals surface area contributed by atoms with Crippen molar-refractivity contribution < 1.29 is 19.4 Å². The van der Waals surface area contributed by atoms with Crippen LogP contribution in [0.1, 0.15) is 36.1 Å². The summed E-state index contributed by atoms with van der Waals surface area (Å²) >= 11 is 6.66. The summed E-state index contributed by atoms with van der Waals surface area (Å²) in [7, 11) is 0. The highest BCUT2D eigenvalue weighted by Gasteiger charge is 2.10. The number of rotatable bonds is 7. The van der Waals surface area contributed by atoms with Crippen molar-refractivity contribution in [1.29, 1.82) is 5.26 Å². The molecule has 7 nitrogen and oxygen atoms in total. The van der Waals surface area contributed by atoms with E-state index in [1.54, 1.807) is 29.0 Å². The highest BCUT2D eigenvalue weighted by atomic mass is 32.1. The number of fused-ring (bicyclic) bond motifs is 1. The first-order chi connectivity index (χ1) is 15.5. The van der Waals surface area contributed by atoms with Gasteiger partial charge < -0.3 is 14.6 Å². The van der Waals surface area contributed by atoms with Crippen LogP contribution in [0.2, 0.25) is 0 Å². The molecule has 1 aliphatic heterocycles. The molecule has 0 spiro atoms. The van der Waals surface area contributed by atoms with Crippen LogP contribution in [-0.4, -0.2) is 27.0 Å². The Balaban J connectivity index is 1.63. The predicted molar refractivity (Wildman–Crippen MR) is 124 cm³/mol. The molecule has 4 rings (SSSR count). The fourth-order valence-electron chi connectivity index (χ4n) is 3.49. The second-order valence-electron chi connectivity index (χ2n) is 7.27. The lowest BCUT2D eigenvalue weighted by Crippen LogP contribution is -2.04. The Bertz CT molecular complexity index is 1540. The van der Waals surface area contributed by atoms with Gasteiger partial charge in [-0.25, -0.2) is 0 Å². The lowest BCUT2D eigenvalue weighted by Gasteiger charge is -2.04. The molecule has 2 aromatic heterocycles. The summed E-state index contributed by atoms with van der Waals surface area (Å²) in [4.78, 5) is 15.5. The topological polar surface area (TPSA) is 112 Å². The molecular formula is C23H19N3O4S2. The molecule has 32 heavy (non-hydrogen) atoms. The quantitative estimate of drug-likeness (QED) is 0.406. The van der Waals surface area contributed by atoms with Gasteiger partial charge in [0.2, 0.25) is 5.88 Å². The van der Waals surface area contributed by atoms with Crippen molar-refractivity contribution in [3.05, 3.63) is 59.9 Å². The molecule has 0 amide bonds. The first-order valence-electron chi connectivity index (χ1n) is 10.0. The van der Waals surface area contributed by atoms with E-state index in [1.807, 2.05) is 18.2 Å². The molecule has 0 unspecified atom stereocenters. The highest BCUT2D eigenvalue weighted by molar-refractivity contribution is 7.73. The number of carbonyl (C=O) groups is 1. The zero-order chi connectivity index (χ0) is 22.7. The third-order valence-corrected chi connectivity index (χ3v) is 6.47. The molecule has 1 aliphatic rings. The lowest BCUT2D eigenvalue weighted by atomic mass is 10.1. The van der Waals surface area contributed by atoms with Gasteiger partial charge in [-0.05, 0) is 55.4 Å². The molecule has 0 saturated carbocycles. The minimum Gasteiger partial charge on any atom is -0.493 e. The minimum absolute atomic E-state index is 0.0744. The smallest absolute Gasteiger partial charge is 0.303 e. The number of aromatic hydroxyl groups is 1. The van der Waals surface area contributed by atoms with Gasteiger partial charge in [0.15, 0.2) is 3.95 Å². The minimum atomic E-state index is -0.801. The van der Waals surface area contributed by atoms with Crippen molar-refractivity contribution in [2.75, 3.05) is 0 Å². The van der Waals surface area contributed by atoms with E-state index < -0.39 is 5.97 Å². The van der Waals surface area contributed by atoms with E-state index in [4.69, 9.17) is 21.7 Å². The van der Waals surface area contributed by atoms with Crippen molar-refractivity contribution in [2.24, 2.45) is 4.99 Å². The van der Waals surface area contributed by atoms with E-state index in [0.29, 0.717) is 38.2 Å². The van der Waals surface area contributed by atoms with Crippen LogP contribution in [0.15, 0.2) is 33.7 Å². The summed E-state index contributed by atoms with van der Waals surface area (Å²) < 4.78 is 8.15. The number of unbranched alkanes of at least 4 members (excludes halogenated alkanes) is 2. The van der Waals surface area contributed by atoms with Gasteiger partial charge in [0.05, 0.1) is 22.2 Å². The van der Waals surface area contributed by atoms with Gasteiger partial charge in [0, 0.05) is 35.7 Å². The average Bonchev–Trinajstić information content (AvgIpc) is 3.48. The zero-order valence-electron chi connectivity index (χ0n) is 16.9. The normalized spacial score (nSPS) is 13.7. The lowest BCUT2D eigenvalue weighted by molar-refractivity contribution is -0.137. The summed E-state index contributed by atoms with van der Waals surface area (Å²) in [6.45, 7) is 0.529. The number of nitrogens with zero attached hydrogens (tertiary/aromatic N) is 3. The van der Waals surface area contributed by atoms with Crippen LogP contribution >= 0.6 is 23.6 Å². The summed E-state index contributed by atoms with van der Waals surface area (Å²) in [6, 6.07) is 9.45. The third kappa shape index (κ3) is 4.56. The Morgan fingerprint density at radius 1 is 1.31 bits per heavy atom. The molecule has 162 valence electrons. The molecule has 1 aromatic carbocycles.